The smallest absolute Gasteiger partial charge is 0.0276 e. The van der Waals surface area contributed by atoms with Crippen LogP contribution in [0.4, 0.5) is 0 Å². The zero-order valence-corrected chi connectivity index (χ0v) is 11.1. The average molecular weight is 239 g/mol. The van der Waals surface area contributed by atoms with Gasteiger partial charge in [0.1, 0.15) is 0 Å². The highest BCUT2D eigenvalue weighted by Crippen LogP contribution is 2.06. The van der Waals surface area contributed by atoms with Gasteiger partial charge < -0.3 is 0 Å². The highest BCUT2D eigenvalue weighted by molar-refractivity contribution is 5.19. The normalized spacial score (nSPS) is 29.3. The van der Waals surface area contributed by atoms with Gasteiger partial charge >= 0.3 is 0 Å². The quantitative estimate of drug-likeness (QED) is 0.525. The molecule has 0 aromatic rings. The zero-order valence-electron chi connectivity index (χ0n) is 11.1. The van der Waals surface area contributed by atoms with E-state index < -0.39 is 0 Å². The summed E-state index contributed by atoms with van der Waals surface area (Å²) in [4.78, 5) is 0. The summed E-state index contributed by atoms with van der Waals surface area (Å²) >= 11 is 0. The Bertz CT molecular complexity index is 312. The van der Waals surface area contributed by atoms with Crippen LogP contribution in [0.25, 0.3) is 0 Å². The summed E-state index contributed by atoms with van der Waals surface area (Å²) in [5.74, 6) is 0. The Morgan fingerprint density at radius 2 is 1.17 bits per heavy atom. The minimum absolute atomic E-state index is 1.08. The van der Waals surface area contributed by atoms with Crippen LogP contribution in [-0.4, -0.2) is 0 Å². The Kier molecular flexibility index (Phi) is 9.60. The first-order valence-corrected chi connectivity index (χ1v) is 6.88. The predicted octanol–water partition coefficient (Wildman–Crippen LogP) is 5.48. The Labute approximate surface area is 112 Å². The van der Waals surface area contributed by atoms with E-state index in [2.05, 4.69) is 30.4 Å². The Morgan fingerprint density at radius 1 is 0.556 bits per heavy atom. The van der Waals surface area contributed by atoms with Crippen molar-refractivity contribution in [3.05, 3.63) is 72.9 Å². The van der Waals surface area contributed by atoms with Crippen molar-refractivity contribution in [1.82, 2.24) is 0 Å². The third-order valence-corrected chi connectivity index (χ3v) is 2.68. The monoisotopic (exact) mass is 239 g/mol. The van der Waals surface area contributed by atoms with Gasteiger partial charge in [-0.05, 0) is 31.8 Å². The van der Waals surface area contributed by atoms with Crippen molar-refractivity contribution in [3.8, 4) is 0 Å². The van der Waals surface area contributed by atoms with Gasteiger partial charge in [-0.2, -0.15) is 0 Å². The van der Waals surface area contributed by atoms with Gasteiger partial charge in [-0.3, -0.25) is 0 Å². The van der Waals surface area contributed by atoms with Gasteiger partial charge in [-0.15, -0.1) is 0 Å². The third kappa shape index (κ3) is 9.65. The van der Waals surface area contributed by atoms with E-state index in [1.165, 1.54) is 32.1 Å². The van der Waals surface area contributed by atoms with Gasteiger partial charge in [0.25, 0.3) is 0 Å². The summed E-state index contributed by atoms with van der Waals surface area (Å²) < 4.78 is 0. The van der Waals surface area contributed by atoms with E-state index in [1.807, 2.05) is 42.5 Å². The minimum Gasteiger partial charge on any atom is -0.0845 e. The van der Waals surface area contributed by atoms with E-state index >= 15 is 0 Å². The van der Waals surface area contributed by atoms with Crippen LogP contribution in [0.15, 0.2) is 66.8 Å². The van der Waals surface area contributed by atoms with Crippen LogP contribution in [0, 0.1) is 6.08 Å². The molecule has 0 aromatic carbocycles. The molecule has 0 heterocycles. The molecule has 0 aliphatic heterocycles. The number of rotatable bonds is 0. The van der Waals surface area contributed by atoms with Crippen molar-refractivity contribution in [2.75, 3.05) is 0 Å². The molecule has 18 heavy (non-hydrogen) atoms. The lowest BCUT2D eigenvalue weighted by atomic mass is 10.1. The molecular formula is C18H23. The van der Waals surface area contributed by atoms with Gasteiger partial charge in [0.15, 0.2) is 0 Å². The van der Waals surface area contributed by atoms with Crippen molar-refractivity contribution in [2.45, 2.75) is 38.5 Å². The topological polar surface area (TPSA) is 0 Å². The number of allylic oxidation sites excluding steroid dienone is 12. The van der Waals surface area contributed by atoms with E-state index in [0.29, 0.717) is 0 Å². The molecule has 0 aromatic heterocycles. The van der Waals surface area contributed by atoms with Gasteiger partial charge in [0.2, 0.25) is 0 Å². The molecule has 0 amide bonds. The van der Waals surface area contributed by atoms with Crippen molar-refractivity contribution in [3.63, 3.8) is 0 Å². The second-order valence-corrected chi connectivity index (χ2v) is 4.29. The fourth-order valence-corrected chi connectivity index (χ4v) is 1.67. The molecule has 1 aliphatic rings. The summed E-state index contributed by atoms with van der Waals surface area (Å²) in [6.07, 6.45) is 33.5. The van der Waals surface area contributed by atoms with Crippen molar-refractivity contribution in [2.24, 2.45) is 0 Å². The zero-order chi connectivity index (χ0) is 12.7. The largest absolute Gasteiger partial charge is 0.0845 e. The lowest BCUT2D eigenvalue weighted by Gasteiger charge is -1.96. The highest BCUT2D eigenvalue weighted by Gasteiger charge is 1.87. The molecule has 1 aliphatic carbocycles. The maximum absolute atomic E-state index is 3.30. The van der Waals surface area contributed by atoms with Crippen molar-refractivity contribution in [1.29, 1.82) is 0 Å². The first-order chi connectivity index (χ1) is 9.00. The van der Waals surface area contributed by atoms with Gasteiger partial charge in [-0.1, -0.05) is 79.7 Å². The number of hydrogen-bond acceptors (Lipinski definition) is 0. The summed E-state index contributed by atoms with van der Waals surface area (Å²) in [6.45, 7) is 0. The van der Waals surface area contributed by atoms with Crippen molar-refractivity contribution < 1.29 is 0 Å². The summed E-state index contributed by atoms with van der Waals surface area (Å²) in [5, 5.41) is 0. The van der Waals surface area contributed by atoms with Gasteiger partial charge in [0.05, 0.1) is 0 Å². The summed E-state index contributed by atoms with van der Waals surface area (Å²) in [6, 6.07) is 0. The summed E-state index contributed by atoms with van der Waals surface area (Å²) in [5.41, 5.74) is 0. The predicted molar refractivity (Wildman–Crippen MR) is 81.2 cm³/mol. The first kappa shape index (κ1) is 14.5. The van der Waals surface area contributed by atoms with Crippen molar-refractivity contribution >= 4 is 0 Å². The Balaban J connectivity index is 2.42. The molecule has 0 spiro atoms. The molecule has 1 rings (SSSR count). The highest BCUT2D eigenvalue weighted by atomic mass is 13.9. The minimum atomic E-state index is 1.08. The molecule has 1 radical (unpaired) electrons. The molecule has 0 nitrogen and oxygen atoms in total. The molecule has 0 fully saturated rings. The molecule has 0 saturated heterocycles. The SMILES string of the molecule is [C]1=C/C=C\C=C\C=C\C=C/C=C/CCCCCC/1. The Hall–Kier alpha value is -1.56. The van der Waals surface area contributed by atoms with Crippen LogP contribution in [0.1, 0.15) is 38.5 Å². The maximum Gasteiger partial charge on any atom is -0.0276 e. The Morgan fingerprint density at radius 3 is 1.94 bits per heavy atom. The van der Waals surface area contributed by atoms with Gasteiger partial charge in [0, 0.05) is 0 Å². The molecule has 0 unspecified atom stereocenters. The molecule has 0 heteroatoms. The molecular weight excluding hydrogens is 216 g/mol. The molecule has 95 valence electrons. The van der Waals surface area contributed by atoms with E-state index in [4.69, 9.17) is 0 Å². The van der Waals surface area contributed by atoms with Crippen LogP contribution in [0.5, 0.6) is 0 Å². The second-order valence-electron chi connectivity index (χ2n) is 4.29. The summed E-state index contributed by atoms with van der Waals surface area (Å²) in [7, 11) is 0. The van der Waals surface area contributed by atoms with E-state index in [-0.39, 0.29) is 0 Å². The van der Waals surface area contributed by atoms with Crippen LogP contribution >= 0.6 is 0 Å². The molecule has 0 saturated carbocycles. The first-order valence-electron chi connectivity index (χ1n) is 6.88. The molecule has 0 atom stereocenters. The standard InChI is InChI=1S/C18H23/c1-2-4-6-8-10-12-14-16-18-17-15-13-11-9-7-5-3-1/h1-11H,12,14-18H2/b2-1+,5-3+,6-4-,9-7-,10-8+,13-11?. The fraction of sp³-hybridized carbons (Fsp3) is 0.333. The third-order valence-electron chi connectivity index (χ3n) is 2.68. The molecule has 0 N–H and O–H groups in total. The number of hydrogen-bond donors (Lipinski definition) is 0. The maximum atomic E-state index is 3.30. The second kappa shape index (κ2) is 11.9. The lowest BCUT2D eigenvalue weighted by molar-refractivity contribution is 0.649. The van der Waals surface area contributed by atoms with E-state index in [0.717, 1.165) is 6.42 Å². The van der Waals surface area contributed by atoms with Gasteiger partial charge in [-0.25, -0.2) is 0 Å². The lowest BCUT2D eigenvalue weighted by Crippen LogP contribution is -1.76. The van der Waals surface area contributed by atoms with Crippen LogP contribution < -0.4 is 0 Å². The van der Waals surface area contributed by atoms with Crippen LogP contribution in [0.3, 0.4) is 0 Å². The molecule has 0 bridgehead atoms. The van der Waals surface area contributed by atoms with E-state index in [9.17, 15) is 0 Å². The fourth-order valence-electron chi connectivity index (χ4n) is 1.67. The van der Waals surface area contributed by atoms with E-state index in [1.54, 1.807) is 0 Å². The average Bonchev–Trinajstić information content (AvgIpc) is 2.39. The van der Waals surface area contributed by atoms with Crippen LogP contribution in [-0.2, 0) is 0 Å². The van der Waals surface area contributed by atoms with Crippen LogP contribution in [0.2, 0.25) is 0 Å².